The van der Waals surface area contributed by atoms with Crippen molar-refractivity contribution < 1.29 is 18.0 Å². The van der Waals surface area contributed by atoms with E-state index in [-0.39, 0.29) is 11.3 Å². The van der Waals surface area contributed by atoms with Crippen molar-refractivity contribution in [3.8, 4) is 22.6 Å². The molecular weight excluding hydrogens is 339 g/mol. The van der Waals surface area contributed by atoms with Crippen LogP contribution in [0.3, 0.4) is 0 Å². The predicted octanol–water partition coefficient (Wildman–Crippen LogP) is 1.63. The SMILES string of the molecule is NC(=O)c1nc(-c2[nH]ncc2-c2ccccn2)c(C(F)(F)F)nc1N. The highest BCUT2D eigenvalue weighted by atomic mass is 19.4. The second kappa shape index (κ2) is 5.85. The first-order valence-corrected chi connectivity index (χ1v) is 6.78. The van der Waals surface area contributed by atoms with Gasteiger partial charge in [-0.1, -0.05) is 6.07 Å². The third-order valence-corrected chi connectivity index (χ3v) is 3.24. The second-order valence-electron chi connectivity index (χ2n) is 4.89. The van der Waals surface area contributed by atoms with Gasteiger partial charge in [-0.3, -0.25) is 14.9 Å². The number of H-pyrrole nitrogens is 1. The van der Waals surface area contributed by atoms with Gasteiger partial charge in [0.1, 0.15) is 5.69 Å². The van der Waals surface area contributed by atoms with Gasteiger partial charge in [0.15, 0.2) is 17.2 Å². The first kappa shape index (κ1) is 16.4. The number of primary amides is 1. The molecule has 0 spiro atoms. The lowest BCUT2D eigenvalue weighted by Gasteiger charge is -2.13. The number of amides is 1. The molecule has 3 rings (SSSR count). The average molecular weight is 349 g/mol. The summed E-state index contributed by atoms with van der Waals surface area (Å²) in [4.78, 5) is 22.4. The summed E-state index contributed by atoms with van der Waals surface area (Å²) < 4.78 is 40.1. The van der Waals surface area contributed by atoms with E-state index in [0.29, 0.717) is 5.69 Å². The van der Waals surface area contributed by atoms with Crippen molar-refractivity contribution in [3.63, 3.8) is 0 Å². The fourth-order valence-corrected chi connectivity index (χ4v) is 2.18. The van der Waals surface area contributed by atoms with Crippen LogP contribution in [-0.4, -0.2) is 31.1 Å². The van der Waals surface area contributed by atoms with E-state index in [1.807, 2.05) is 0 Å². The van der Waals surface area contributed by atoms with E-state index < -0.39 is 35.0 Å². The summed E-state index contributed by atoms with van der Waals surface area (Å²) in [6.07, 6.45) is -2.10. The first-order chi connectivity index (χ1) is 11.8. The zero-order valence-corrected chi connectivity index (χ0v) is 12.4. The third-order valence-electron chi connectivity index (χ3n) is 3.24. The number of halogens is 3. The molecule has 0 aliphatic carbocycles. The van der Waals surface area contributed by atoms with Gasteiger partial charge < -0.3 is 11.5 Å². The van der Waals surface area contributed by atoms with E-state index in [9.17, 15) is 18.0 Å². The molecule has 128 valence electrons. The van der Waals surface area contributed by atoms with Crippen LogP contribution in [0.5, 0.6) is 0 Å². The van der Waals surface area contributed by atoms with Gasteiger partial charge in [0.05, 0.1) is 17.6 Å². The van der Waals surface area contributed by atoms with Crippen LogP contribution in [0.1, 0.15) is 16.2 Å². The molecule has 5 N–H and O–H groups in total. The lowest BCUT2D eigenvalue weighted by atomic mass is 10.1. The van der Waals surface area contributed by atoms with Crippen molar-refractivity contribution in [3.05, 3.63) is 42.0 Å². The smallest absolute Gasteiger partial charge is 0.382 e. The molecule has 3 aromatic heterocycles. The lowest BCUT2D eigenvalue weighted by molar-refractivity contribution is -0.140. The fourth-order valence-electron chi connectivity index (χ4n) is 2.18. The fraction of sp³-hybridized carbons (Fsp3) is 0.0714. The number of nitrogen functional groups attached to an aromatic ring is 1. The average Bonchev–Trinajstić information content (AvgIpc) is 3.03. The minimum absolute atomic E-state index is 0.110. The maximum Gasteiger partial charge on any atom is 0.435 e. The van der Waals surface area contributed by atoms with Crippen molar-refractivity contribution in [2.75, 3.05) is 5.73 Å². The molecule has 3 aromatic rings. The zero-order valence-electron chi connectivity index (χ0n) is 12.4. The summed E-state index contributed by atoms with van der Waals surface area (Å²) in [5.74, 6) is -1.80. The highest BCUT2D eigenvalue weighted by molar-refractivity contribution is 5.96. The molecule has 0 unspecified atom stereocenters. The Bertz CT molecular complexity index is 937. The number of aromatic nitrogens is 5. The van der Waals surface area contributed by atoms with Crippen LogP contribution in [0.2, 0.25) is 0 Å². The molecular formula is C14H10F3N7O. The number of carbonyl (C=O) groups excluding carboxylic acids is 1. The van der Waals surface area contributed by atoms with E-state index in [1.54, 1.807) is 18.2 Å². The standard InChI is InChI=1S/C14H10F3N7O/c15-14(16,17)11-9(22-10(13(19)25)12(18)23-11)8-6(5-21-24-8)7-3-1-2-4-20-7/h1-5H,(H2,18,23)(H2,19,25)(H,21,24). The number of anilines is 1. The summed E-state index contributed by atoms with van der Waals surface area (Å²) in [5, 5.41) is 6.18. The molecule has 8 nitrogen and oxygen atoms in total. The van der Waals surface area contributed by atoms with Gasteiger partial charge in [0, 0.05) is 11.8 Å². The van der Waals surface area contributed by atoms with Crippen LogP contribution in [0.25, 0.3) is 22.6 Å². The van der Waals surface area contributed by atoms with Crippen LogP contribution >= 0.6 is 0 Å². The minimum Gasteiger partial charge on any atom is -0.382 e. The topological polar surface area (TPSA) is 136 Å². The van der Waals surface area contributed by atoms with Crippen LogP contribution in [-0.2, 0) is 6.18 Å². The molecule has 0 atom stereocenters. The van der Waals surface area contributed by atoms with Crippen LogP contribution < -0.4 is 11.5 Å². The van der Waals surface area contributed by atoms with Crippen molar-refractivity contribution in [2.45, 2.75) is 6.18 Å². The second-order valence-corrected chi connectivity index (χ2v) is 4.89. The first-order valence-electron chi connectivity index (χ1n) is 6.78. The Hall–Kier alpha value is -3.50. The van der Waals surface area contributed by atoms with E-state index in [4.69, 9.17) is 11.5 Å². The molecule has 25 heavy (non-hydrogen) atoms. The Morgan fingerprint density at radius 2 is 1.96 bits per heavy atom. The molecule has 0 aliphatic heterocycles. The normalized spacial score (nSPS) is 11.5. The molecule has 0 aliphatic rings. The summed E-state index contributed by atoms with van der Waals surface area (Å²) in [6.45, 7) is 0. The summed E-state index contributed by atoms with van der Waals surface area (Å²) in [7, 11) is 0. The summed E-state index contributed by atoms with van der Waals surface area (Å²) in [6, 6.07) is 4.90. The molecule has 11 heteroatoms. The molecule has 0 saturated heterocycles. The van der Waals surface area contributed by atoms with Crippen LogP contribution in [0, 0.1) is 0 Å². The van der Waals surface area contributed by atoms with E-state index in [2.05, 4.69) is 25.1 Å². The number of rotatable bonds is 3. The molecule has 0 saturated carbocycles. The van der Waals surface area contributed by atoms with Gasteiger partial charge in [-0.2, -0.15) is 18.3 Å². The molecule has 0 aromatic carbocycles. The number of alkyl halides is 3. The number of carbonyl (C=O) groups is 1. The van der Waals surface area contributed by atoms with E-state index >= 15 is 0 Å². The summed E-state index contributed by atoms with van der Waals surface area (Å²) >= 11 is 0. The minimum atomic E-state index is -4.86. The summed E-state index contributed by atoms with van der Waals surface area (Å²) in [5.41, 5.74) is 8.41. The number of hydrogen-bond acceptors (Lipinski definition) is 6. The number of nitrogens with zero attached hydrogens (tertiary/aromatic N) is 4. The lowest BCUT2D eigenvalue weighted by Crippen LogP contribution is -2.21. The van der Waals surface area contributed by atoms with Crippen molar-refractivity contribution >= 4 is 11.7 Å². The van der Waals surface area contributed by atoms with Gasteiger partial charge in [0.2, 0.25) is 0 Å². The molecule has 1 amide bonds. The largest absolute Gasteiger partial charge is 0.435 e. The predicted molar refractivity (Wildman–Crippen MR) is 80.8 cm³/mol. The number of hydrogen-bond donors (Lipinski definition) is 3. The van der Waals surface area contributed by atoms with Gasteiger partial charge in [0.25, 0.3) is 5.91 Å². The maximum atomic E-state index is 13.4. The highest BCUT2D eigenvalue weighted by Crippen LogP contribution is 2.38. The number of nitrogens with one attached hydrogen (secondary N) is 1. The Balaban J connectivity index is 2.29. The Kier molecular flexibility index (Phi) is 3.83. The third kappa shape index (κ3) is 2.98. The van der Waals surface area contributed by atoms with Gasteiger partial charge >= 0.3 is 6.18 Å². The van der Waals surface area contributed by atoms with Crippen LogP contribution in [0.4, 0.5) is 19.0 Å². The van der Waals surface area contributed by atoms with Gasteiger partial charge in [-0.15, -0.1) is 0 Å². The van der Waals surface area contributed by atoms with Gasteiger partial charge in [-0.25, -0.2) is 9.97 Å². The maximum absolute atomic E-state index is 13.4. The number of nitrogens with two attached hydrogens (primary N) is 2. The monoisotopic (exact) mass is 349 g/mol. The van der Waals surface area contributed by atoms with Crippen molar-refractivity contribution in [1.82, 2.24) is 25.1 Å². The van der Waals surface area contributed by atoms with E-state index in [1.165, 1.54) is 12.4 Å². The Morgan fingerprint density at radius 3 is 2.56 bits per heavy atom. The molecule has 0 fully saturated rings. The van der Waals surface area contributed by atoms with Crippen molar-refractivity contribution in [1.29, 1.82) is 0 Å². The zero-order chi connectivity index (χ0) is 18.2. The Morgan fingerprint density at radius 1 is 1.20 bits per heavy atom. The molecule has 3 heterocycles. The van der Waals surface area contributed by atoms with E-state index in [0.717, 1.165) is 0 Å². The highest BCUT2D eigenvalue weighted by Gasteiger charge is 2.39. The van der Waals surface area contributed by atoms with Gasteiger partial charge in [-0.05, 0) is 12.1 Å². The number of aromatic amines is 1. The number of pyridine rings is 1. The van der Waals surface area contributed by atoms with Crippen molar-refractivity contribution in [2.24, 2.45) is 5.73 Å². The Labute approximate surface area is 138 Å². The molecule has 0 radical (unpaired) electrons. The van der Waals surface area contributed by atoms with Crippen LogP contribution in [0.15, 0.2) is 30.6 Å². The quantitative estimate of drug-likeness (QED) is 0.657. The molecule has 0 bridgehead atoms.